The van der Waals surface area contributed by atoms with Crippen molar-refractivity contribution < 1.29 is 14.3 Å². The van der Waals surface area contributed by atoms with E-state index in [4.69, 9.17) is 37.7 Å². The number of amides is 1. The third-order valence-corrected chi connectivity index (χ3v) is 6.66. The summed E-state index contributed by atoms with van der Waals surface area (Å²) in [7, 11) is 1.57. The van der Waals surface area contributed by atoms with Gasteiger partial charge in [0.2, 0.25) is 0 Å². The van der Waals surface area contributed by atoms with Gasteiger partial charge in [-0.2, -0.15) is 5.10 Å². The Morgan fingerprint density at radius 1 is 1.06 bits per heavy atom. The number of methoxy groups -OCH3 is 1. The lowest BCUT2D eigenvalue weighted by Crippen LogP contribution is -2.18. The van der Waals surface area contributed by atoms with E-state index in [-0.39, 0.29) is 5.91 Å². The van der Waals surface area contributed by atoms with Crippen LogP contribution in [0.3, 0.4) is 0 Å². The molecule has 0 saturated heterocycles. The molecule has 1 aromatic heterocycles. The number of carbonyl (C=O) groups excluding carboxylic acids is 1. The van der Waals surface area contributed by atoms with Gasteiger partial charge < -0.3 is 9.47 Å². The van der Waals surface area contributed by atoms with Crippen molar-refractivity contribution in [1.82, 2.24) is 10.4 Å². The fourth-order valence-electron chi connectivity index (χ4n) is 3.87. The highest BCUT2D eigenvalue weighted by Gasteiger charge is 2.26. The summed E-state index contributed by atoms with van der Waals surface area (Å²) in [5, 5.41) is 5.94. The first-order valence-electron chi connectivity index (χ1n) is 11.5. The Labute approximate surface area is 218 Å². The Kier molecular flexibility index (Phi) is 7.07. The second kappa shape index (κ2) is 10.6. The summed E-state index contributed by atoms with van der Waals surface area (Å²) in [6.07, 6.45) is 3.79. The zero-order chi connectivity index (χ0) is 25.1. The molecular formula is C28H23Cl2N3O3. The number of halogens is 2. The number of hydrazone groups is 1. The maximum atomic E-state index is 13.0. The molecule has 1 heterocycles. The van der Waals surface area contributed by atoms with Crippen LogP contribution in [0.4, 0.5) is 0 Å². The molecule has 1 amide bonds. The van der Waals surface area contributed by atoms with Crippen LogP contribution in [-0.2, 0) is 6.61 Å². The van der Waals surface area contributed by atoms with Crippen molar-refractivity contribution in [2.45, 2.75) is 25.4 Å². The van der Waals surface area contributed by atoms with Gasteiger partial charge in [-0.15, -0.1) is 0 Å². The molecule has 0 atom stereocenters. The lowest BCUT2D eigenvalue weighted by Gasteiger charge is -2.12. The number of ether oxygens (including phenoxy) is 2. The minimum atomic E-state index is -0.278. The van der Waals surface area contributed by atoms with Crippen molar-refractivity contribution in [2.75, 3.05) is 7.11 Å². The van der Waals surface area contributed by atoms with Gasteiger partial charge in [0.15, 0.2) is 11.5 Å². The number of benzene rings is 3. The number of para-hydroxylation sites is 1. The summed E-state index contributed by atoms with van der Waals surface area (Å²) < 4.78 is 11.4. The van der Waals surface area contributed by atoms with Crippen LogP contribution in [0.15, 0.2) is 71.8 Å². The third-order valence-electron chi connectivity index (χ3n) is 5.92. The number of nitrogens with zero attached hydrogens (tertiary/aromatic N) is 2. The summed E-state index contributed by atoms with van der Waals surface area (Å²) in [5.41, 5.74) is 6.62. The molecule has 1 fully saturated rings. The van der Waals surface area contributed by atoms with Gasteiger partial charge in [-0.1, -0.05) is 47.5 Å². The predicted octanol–water partition coefficient (Wildman–Crippen LogP) is 6.77. The standard InChI is InChI=1S/C28H23Cl2N3O3/c1-35-27-13-17(7-11-26(27)36-16-18-6-10-22(29)23(30)12-18)15-31-33-28(34)21-14-25(19-8-9-19)32-24-5-3-2-4-20(21)24/h2-7,10-15,19H,8-9,16H2,1H3,(H,33,34). The molecule has 0 radical (unpaired) electrons. The number of aromatic nitrogens is 1. The summed E-state index contributed by atoms with van der Waals surface area (Å²) >= 11 is 12.1. The van der Waals surface area contributed by atoms with Crippen molar-refractivity contribution in [3.63, 3.8) is 0 Å². The topological polar surface area (TPSA) is 72.8 Å². The first-order chi connectivity index (χ1) is 17.5. The zero-order valence-electron chi connectivity index (χ0n) is 19.5. The monoisotopic (exact) mass is 519 g/mol. The number of carbonyl (C=O) groups is 1. The molecule has 4 aromatic rings. The van der Waals surface area contributed by atoms with Crippen molar-refractivity contribution in [3.05, 3.63) is 99.2 Å². The van der Waals surface area contributed by atoms with Crippen molar-refractivity contribution >= 4 is 46.2 Å². The molecule has 5 rings (SSSR count). The summed E-state index contributed by atoms with van der Waals surface area (Å²) in [4.78, 5) is 17.7. The minimum Gasteiger partial charge on any atom is -0.493 e. The molecule has 3 aromatic carbocycles. The van der Waals surface area contributed by atoms with Crippen LogP contribution >= 0.6 is 23.2 Å². The Balaban J connectivity index is 1.28. The normalized spacial score (nSPS) is 13.2. The fourth-order valence-corrected chi connectivity index (χ4v) is 4.19. The lowest BCUT2D eigenvalue weighted by atomic mass is 10.1. The molecule has 1 N–H and O–H groups in total. The summed E-state index contributed by atoms with van der Waals surface area (Å²) in [5.74, 6) is 1.27. The second-order valence-corrected chi connectivity index (χ2v) is 9.35. The van der Waals surface area contributed by atoms with Crippen LogP contribution in [0.5, 0.6) is 11.5 Å². The van der Waals surface area contributed by atoms with Crippen LogP contribution in [0.1, 0.15) is 45.9 Å². The number of hydrogen-bond acceptors (Lipinski definition) is 5. The van der Waals surface area contributed by atoms with Crippen LogP contribution < -0.4 is 14.9 Å². The second-order valence-electron chi connectivity index (χ2n) is 8.53. The summed E-state index contributed by atoms with van der Waals surface area (Å²) in [6.45, 7) is 0.305. The van der Waals surface area contributed by atoms with E-state index in [1.54, 1.807) is 37.6 Å². The van der Waals surface area contributed by atoms with E-state index < -0.39 is 0 Å². The molecule has 1 aliphatic rings. The molecule has 0 bridgehead atoms. The molecule has 36 heavy (non-hydrogen) atoms. The minimum absolute atomic E-state index is 0.278. The average molecular weight is 520 g/mol. The van der Waals surface area contributed by atoms with Crippen molar-refractivity contribution in [3.8, 4) is 11.5 Å². The Morgan fingerprint density at radius 3 is 2.67 bits per heavy atom. The zero-order valence-corrected chi connectivity index (χ0v) is 21.0. The van der Waals surface area contributed by atoms with Gasteiger partial charge in [-0.3, -0.25) is 9.78 Å². The highest BCUT2D eigenvalue weighted by molar-refractivity contribution is 6.42. The van der Waals surface area contributed by atoms with Gasteiger partial charge in [0, 0.05) is 17.0 Å². The maximum absolute atomic E-state index is 13.0. The van der Waals surface area contributed by atoms with Crippen molar-refractivity contribution in [2.24, 2.45) is 5.10 Å². The molecule has 0 spiro atoms. The van der Waals surface area contributed by atoms with Gasteiger partial charge >= 0.3 is 0 Å². The number of nitrogens with one attached hydrogen (secondary N) is 1. The van der Waals surface area contributed by atoms with Crippen LogP contribution in [0.2, 0.25) is 10.0 Å². The van der Waals surface area contributed by atoms with Gasteiger partial charge in [0.05, 0.1) is 34.4 Å². The predicted molar refractivity (Wildman–Crippen MR) is 143 cm³/mol. The Bertz CT molecular complexity index is 1470. The van der Waals surface area contributed by atoms with Gasteiger partial charge in [0.25, 0.3) is 5.91 Å². The first kappa shape index (κ1) is 24.1. The smallest absolute Gasteiger partial charge is 0.272 e. The SMILES string of the molecule is COc1cc(C=NNC(=O)c2cc(C3CC3)nc3ccccc23)ccc1OCc1ccc(Cl)c(Cl)c1. The van der Waals surface area contributed by atoms with E-state index in [0.717, 1.165) is 40.6 Å². The van der Waals surface area contributed by atoms with Gasteiger partial charge in [-0.25, -0.2) is 5.43 Å². The maximum Gasteiger partial charge on any atom is 0.272 e. The molecule has 0 unspecified atom stereocenters. The van der Waals surface area contributed by atoms with E-state index >= 15 is 0 Å². The quantitative estimate of drug-likeness (QED) is 0.206. The number of hydrogen-bond donors (Lipinski definition) is 1. The molecule has 0 aliphatic heterocycles. The van der Waals surface area contributed by atoms with E-state index in [9.17, 15) is 4.79 Å². The van der Waals surface area contributed by atoms with Crippen molar-refractivity contribution in [1.29, 1.82) is 0 Å². The molecular weight excluding hydrogens is 497 g/mol. The van der Waals surface area contributed by atoms with Crippen LogP contribution in [0, 0.1) is 0 Å². The largest absolute Gasteiger partial charge is 0.493 e. The summed E-state index contributed by atoms with van der Waals surface area (Å²) in [6, 6.07) is 20.3. The molecule has 6 nitrogen and oxygen atoms in total. The van der Waals surface area contributed by atoms with E-state index in [1.165, 1.54) is 0 Å². The number of fused-ring (bicyclic) bond motifs is 1. The van der Waals surface area contributed by atoms with Crippen LogP contribution in [0.25, 0.3) is 10.9 Å². The third kappa shape index (κ3) is 5.45. The number of pyridine rings is 1. The molecule has 1 aliphatic carbocycles. The Hall–Kier alpha value is -3.61. The van der Waals surface area contributed by atoms with Crippen LogP contribution in [-0.4, -0.2) is 24.2 Å². The molecule has 182 valence electrons. The molecule has 8 heteroatoms. The Morgan fingerprint density at radius 2 is 1.89 bits per heavy atom. The highest BCUT2D eigenvalue weighted by Crippen LogP contribution is 2.40. The average Bonchev–Trinajstić information content (AvgIpc) is 3.74. The van der Waals surface area contributed by atoms with E-state index in [1.807, 2.05) is 42.5 Å². The van der Waals surface area contributed by atoms with Gasteiger partial charge in [0.1, 0.15) is 6.61 Å². The van der Waals surface area contributed by atoms with E-state index in [0.29, 0.717) is 39.6 Å². The number of rotatable bonds is 8. The molecule has 1 saturated carbocycles. The first-order valence-corrected chi connectivity index (χ1v) is 12.3. The van der Waals surface area contributed by atoms with Gasteiger partial charge in [-0.05, 0) is 66.4 Å². The highest BCUT2D eigenvalue weighted by atomic mass is 35.5. The van der Waals surface area contributed by atoms with E-state index in [2.05, 4.69) is 10.5 Å². The lowest BCUT2D eigenvalue weighted by molar-refractivity contribution is 0.0956. The fraction of sp³-hybridized carbons (Fsp3) is 0.179.